The summed E-state index contributed by atoms with van der Waals surface area (Å²) in [4.78, 5) is 35.9. The van der Waals surface area contributed by atoms with Crippen LogP contribution in [0.4, 0.5) is 4.79 Å². The number of carbonyl (C=O) groups is 3. The van der Waals surface area contributed by atoms with Crippen molar-refractivity contribution in [2.45, 2.75) is 6.92 Å². The maximum absolute atomic E-state index is 12.0. The first-order valence-electron chi connectivity index (χ1n) is 6.35. The average Bonchev–Trinajstić information content (AvgIpc) is 2.46. The lowest BCUT2D eigenvalue weighted by Crippen LogP contribution is -2.52. The smallest absolute Gasteiger partial charge is 0.331 e. The molecule has 4 amide bonds. The SMILES string of the molecule is CCOc1cc(/C=C2/C(=O)NC(=O)N(C)C2=O)cc(Br)c1O. The number of imide groups is 2. The molecule has 0 radical (unpaired) electrons. The number of benzene rings is 1. The lowest BCUT2D eigenvalue weighted by Gasteiger charge is -2.22. The van der Waals surface area contributed by atoms with Crippen LogP contribution in [0.3, 0.4) is 0 Å². The Morgan fingerprint density at radius 2 is 2.05 bits per heavy atom. The lowest BCUT2D eigenvalue weighted by atomic mass is 10.1. The fraction of sp³-hybridized carbons (Fsp3) is 0.214. The molecule has 0 spiro atoms. The Kier molecular flexibility index (Phi) is 4.51. The number of amides is 4. The standard InChI is InChI=1S/C14H13BrN2O5/c1-3-22-10-6-7(5-9(15)11(10)18)4-8-12(19)16-14(21)17(2)13(8)20/h4-6,18H,3H2,1-2H3,(H,16,19,21)/b8-4-. The topological polar surface area (TPSA) is 95.9 Å². The van der Waals surface area contributed by atoms with Crippen molar-refractivity contribution in [3.63, 3.8) is 0 Å². The monoisotopic (exact) mass is 368 g/mol. The fourth-order valence-corrected chi connectivity index (χ4v) is 2.31. The third kappa shape index (κ3) is 2.96. The van der Waals surface area contributed by atoms with Gasteiger partial charge in [-0.3, -0.25) is 19.8 Å². The quantitative estimate of drug-likeness (QED) is 0.624. The Bertz CT molecular complexity index is 699. The number of phenolic OH excluding ortho intramolecular Hbond substituents is 1. The van der Waals surface area contributed by atoms with Gasteiger partial charge in [-0.1, -0.05) is 0 Å². The van der Waals surface area contributed by atoms with Gasteiger partial charge in [0.1, 0.15) is 5.57 Å². The van der Waals surface area contributed by atoms with Crippen molar-refractivity contribution in [3.05, 3.63) is 27.7 Å². The van der Waals surface area contributed by atoms with Crippen LogP contribution in [0.1, 0.15) is 12.5 Å². The Labute approximate surface area is 134 Å². The van der Waals surface area contributed by atoms with Gasteiger partial charge in [-0.25, -0.2) is 4.79 Å². The van der Waals surface area contributed by atoms with Crippen LogP contribution >= 0.6 is 15.9 Å². The molecule has 7 nitrogen and oxygen atoms in total. The van der Waals surface area contributed by atoms with E-state index in [4.69, 9.17) is 4.74 Å². The molecule has 116 valence electrons. The van der Waals surface area contributed by atoms with E-state index < -0.39 is 17.8 Å². The van der Waals surface area contributed by atoms with E-state index in [2.05, 4.69) is 21.2 Å². The van der Waals surface area contributed by atoms with Gasteiger partial charge < -0.3 is 9.84 Å². The number of hydrogen-bond acceptors (Lipinski definition) is 5. The predicted molar refractivity (Wildman–Crippen MR) is 81.3 cm³/mol. The van der Waals surface area contributed by atoms with E-state index in [1.54, 1.807) is 6.92 Å². The van der Waals surface area contributed by atoms with Crippen molar-refractivity contribution in [2.75, 3.05) is 13.7 Å². The molecule has 1 saturated heterocycles. The molecule has 1 aliphatic rings. The van der Waals surface area contributed by atoms with Gasteiger partial charge in [0.15, 0.2) is 11.5 Å². The molecule has 1 fully saturated rings. The molecule has 22 heavy (non-hydrogen) atoms. The summed E-state index contributed by atoms with van der Waals surface area (Å²) in [5.41, 5.74) is 0.288. The van der Waals surface area contributed by atoms with Crippen molar-refractivity contribution >= 4 is 39.9 Å². The van der Waals surface area contributed by atoms with Crippen molar-refractivity contribution in [3.8, 4) is 11.5 Å². The molecule has 0 aromatic heterocycles. The van der Waals surface area contributed by atoms with Gasteiger partial charge in [-0.2, -0.15) is 0 Å². The molecule has 0 unspecified atom stereocenters. The summed E-state index contributed by atoms with van der Waals surface area (Å²) in [6.45, 7) is 2.11. The first-order valence-corrected chi connectivity index (χ1v) is 7.14. The summed E-state index contributed by atoms with van der Waals surface area (Å²) in [5, 5.41) is 11.9. The first-order chi connectivity index (χ1) is 10.3. The Hall–Kier alpha value is -2.35. The number of likely N-dealkylation sites (N-methyl/N-ethyl adjacent to an activating group) is 1. The Balaban J connectivity index is 2.46. The Morgan fingerprint density at radius 1 is 1.36 bits per heavy atom. The third-order valence-corrected chi connectivity index (χ3v) is 3.57. The minimum absolute atomic E-state index is 0.0734. The minimum Gasteiger partial charge on any atom is -0.503 e. The summed E-state index contributed by atoms with van der Waals surface area (Å²) in [5.74, 6) is -1.32. The molecule has 0 atom stereocenters. The van der Waals surface area contributed by atoms with Gasteiger partial charge in [0.2, 0.25) is 0 Å². The van der Waals surface area contributed by atoms with E-state index >= 15 is 0 Å². The number of aromatic hydroxyl groups is 1. The Morgan fingerprint density at radius 3 is 2.68 bits per heavy atom. The highest BCUT2D eigenvalue weighted by atomic mass is 79.9. The number of ether oxygens (including phenoxy) is 1. The van der Waals surface area contributed by atoms with Gasteiger partial charge in [0, 0.05) is 7.05 Å². The molecule has 1 aliphatic heterocycles. The molecule has 0 saturated carbocycles. The first kappa shape index (κ1) is 16.0. The van der Waals surface area contributed by atoms with E-state index in [0.717, 1.165) is 4.90 Å². The van der Waals surface area contributed by atoms with Crippen molar-refractivity contribution in [2.24, 2.45) is 0 Å². The number of rotatable bonds is 3. The van der Waals surface area contributed by atoms with Gasteiger partial charge in [-0.05, 0) is 46.6 Å². The van der Waals surface area contributed by atoms with Crippen LogP contribution in [0.5, 0.6) is 11.5 Å². The normalized spacial score (nSPS) is 17.0. The predicted octanol–water partition coefficient (Wildman–Crippen LogP) is 1.64. The van der Waals surface area contributed by atoms with E-state index in [9.17, 15) is 19.5 Å². The van der Waals surface area contributed by atoms with E-state index in [0.29, 0.717) is 16.6 Å². The minimum atomic E-state index is -0.769. The second-order valence-corrected chi connectivity index (χ2v) is 5.32. The molecular weight excluding hydrogens is 356 g/mol. The number of urea groups is 1. The van der Waals surface area contributed by atoms with Crippen LogP contribution in [0.25, 0.3) is 6.08 Å². The van der Waals surface area contributed by atoms with E-state index in [1.807, 2.05) is 0 Å². The number of nitrogens with one attached hydrogen (secondary N) is 1. The van der Waals surface area contributed by atoms with Gasteiger partial charge in [0.25, 0.3) is 11.8 Å². The summed E-state index contributed by atoms with van der Waals surface area (Å²) >= 11 is 3.17. The molecule has 1 aromatic carbocycles. The number of nitrogens with zero attached hydrogens (tertiary/aromatic N) is 1. The van der Waals surface area contributed by atoms with Gasteiger partial charge >= 0.3 is 6.03 Å². The van der Waals surface area contributed by atoms with Crippen LogP contribution in [0.15, 0.2) is 22.2 Å². The van der Waals surface area contributed by atoms with Gasteiger partial charge in [0.05, 0.1) is 11.1 Å². The molecule has 1 heterocycles. The van der Waals surface area contributed by atoms with Crippen LogP contribution in [0, 0.1) is 0 Å². The zero-order valence-electron chi connectivity index (χ0n) is 11.8. The molecule has 2 N–H and O–H groups in total. The molecule has 2 rings (SSSR count). The van der Waals surface area contributed by atoms with Crippen molar-refractivity contribution < 1.29 is 24.2 Å². The second kappa shape index (κ2) is 6.18. The zero-order chi connectivity index (χ0) is 16.4. The fourth-order valence-electron chi connectivity index (χ4n) is 1.85. The van der Waals surface area contributed by atoms with Crippen LogP contribution in [0.2, 0.25) is 0 Å². The third-order valence-electron chi connectivity index (χ3n) is 2.97. The zero-order valence-corrected chi connectivity index (χ0v) is 13.4. The second-order valence-electron chi connectivity index (χ2n) is 4.46. The number of barbiturate groups is 1. The molecule has 0 bridgehead atoms. The number of hydrogen-bond donors (Lipinski definition) is 2. The number of halogens is 1. The lowest BCUT2D eigenvalue weighted by molar-refractivity contribution is -0.129. The number of carbonyl (C=O) groups excluding carboxylic acids is 3. The molecule has 1 aromatic rings. The molecular formula is C14H13BrN2O5. The van der Waals surface area contributed by atoms with Crippen molar-refractivity contribution in [1.82, 2.24) is 10.2 Å². The molecule has 0 aliphatic carbocycles. The van der Waals surface area contributed by atoms with Crippen LogP contribution in [-0.4, -0.2) is 41.5 Å². The summed E-state index contributed by atoms with van der Waals surface area (Å²) < 4.78 is 5.64. The molecule has 8 heteroatoms. The number of phenols is 1. The van der Waals surface area contributed by atoms with Gasteiger partial charge in [-0.15, -0.1) is 0 Å². The largest absolute Gasteiger partial charge is 0.503 e. The highest BCUT2D eigenvalue weighted by Gasteiger charge is 2.33. The van der Waals surface area contributed by atoms with Crippen LogP contribution < -0.4 is 10.1 Å². The average molecular weight is 369 g/mol. The maximum Gasteiger partial charge on any atom is 0.331 e. The highest BCUT2D eigenvalue weighted by molar-refractivity contribution is 9.10. The summed E-state index contributed by atoms with van der Waals surface area (Å²) in [6, 6.07) is 2.25. The summed E-state index contributed by atoms with van der Waals surface area (Å²) in [6.07, 6.45) is 1.33. The van der Waals surface area contributed by atoms with E-state index in [1.165, 1.54) is 25.3 Å². The highest BCUT2D eigenvalue weighted by Crippen LogP contribution is 2.36. The maximum atomic E-state index is 12.0. The van der Waals surface area contributed by atoms with Crippen LogP contribution in [-0.2, 0) is 9.59 Å². The van der Waals surface area contributed by atoms with E-state index in [-0.39, 0.29) is 17.1 Å². The van der Waals surface area contributed by atoms with Crippen molar-refractivity contribution in [1.29, 1.82) is 0 Å². The summed E-state index contributed by atoms with van der Waals surface area (Å²) in [7, 11) is 1.27.